The summed E-state index contributed by atoms with van der Waals surface area (Å²) in [6.45, 7) is 17.6. The topological polar surface area (TPSA) is 46.2 Å². The zero-order chi connectivity index (χ0) is 44.7. The second-order valence-corrected chi connectivity index (χ2v) is 22.5. The molecule has 0 N–H and O–H groups in total. The standard InChI is InChI=1S/C57H58O5P2/c1-53(2,3)45-39-48(54(4,5)6)50(49(40-45)63(46-35-23-13-24-36-46)47-37-25-14-26-38-47)60-64-61-56(41-27-15-9-16-28-41,42-29-17-10-18-30-42)51-52(59-55(7,8)58-51)57(62-64,43-31-19-11-20-32-43)44-33-21-12-22-34-44/h9-40,51-52H,1-8H3. The van der Waals surface area contributed by atoms with Crippen LogP contribution in [0, 0.1) is 0 Å². The minimum Gasteiger partial charge on any atom is -0.426 e. The molecule has 0 radical (unpaired) electrons. The van der Waals surface area contributed by atoms with Gasteiger partial charge in [-0.3, -0.25) is 9.05 Å². The Labute approximate surface area is 382 Å². The summed E-state index contributed by atoms with van der Waals surface area (Å²) in [5, 5.41) is 3.55. The van der Waals surface area contributed by atoms with E-state index >= 15 is 0 Å². The largest absolute Gasteiger partial charge is 0.426 e. The maximum absolute atomic E-state index is 7.91. The van der Waals surface area contributed by atoms with Gasteiger partial charge < -0.3 is 14.0 Å². The number of benzene rings is 7. The van der Waals surface area contributed by atoms with E-state index in [1.165, 1.54) is 16.2 Å². The highest BCUT2D eigenvalue weighted by Crippen LogP contribution is 2.65. The van der Waals surface area contributed by atoms with Crippen molar-refractivity contribution in [1.82, 2.24) is 0 Å². The van der Waals surface area contributed by atoms with Crippen molar-refractivity contribution in [2.24, 2.45) is 0 Å². The molecule has 0 bridgehead atoms. The lowest BCUT2D eigenvalue weighted by molar-refractivity contribution is -0.175. The molecule has 2 aliphatic rings. The molecule has 0 aliphatic carbocycles. The molecule has 326 valence electrons. The summed E-state index contributed by atoms with van der Waals surface area (Å²) in [6, 6.07) is 68.0. The van der Waals surface area contributed by atoms with E-state index in [9.17, 15) is 0 Å². The average Bonchev–Trinajstić information content (AvgIpc) is 3.58. The van der Waals surface area contributed by atoms with Crippen LogP contribution in [0.15, 0.2) is 194 Å². The van der Waals surface area contributed by atoms with E-state index < -0.39 is 45.7 Å². The van der Waals surface area contributed by atoms with Crippen LogP contribution < -0.4 is 20.4 Å². The summed E-state index contributed by atoms with van der Waals surface area (Å²) >= 11 is 0. The van der Waals surface area contributed by atoms with Crippen LogP contribution in [0.1, 0.15) is 88.8 Å². The first kappa shape index (κ1) is 44.3. The van der Waals surface area contributed by atoms with Crippen molar-refractivity contribution in [2.45, 2.75) is 95.4 Å². The van der Waals surface area contributed by atoms with Gasteiger partial charge in [-0.1, -0.05) is 230 Å². The molecule has 5 nitrogen and oxygen atoms in total. The van der Waals surface area contributed by atoms with Crippen LogP contribution in [-0.4, -0.2) is 18.0 Å². The molecule has 0 amide bonds. The minimum atomic E-state index is -2.33. The summed E-state index contributed by atoms with van der Waals surface area (Å²) in [4.78, 5) is 0. The Kier molecular flexibility index (Phi) is 12.1. The molecular weight excluding hydrogens is 827 g/mol. The van der Waals surface area contributed by atoms with Crippen LogP contribution in [0.2, 0.25) is 0 Å². The fourth-order valence-electron chi connectivity index (χ4n) is 9.22. The van der Waals surface area contributed by atoms with E-state index in [1.807, 2.05) is 38.1 Å². The second-order valence-electron chi connectivity index (χ2n) is 19.3. The normalized spacial score (nSPS) is 20.3. The molecule has 2 aliphatic heterocycles. The quantitative estimate of drug-likeness (QED) is 0.135. The molecule has 0 spiro atoms. The third-order valence-electron chi connectivity index (χ3n) is 12.3. The molecule has 0 saturated carbocycles. The van der Waals surface area contributed by atoms with Gasteiger partial charge >= 0.3 is 8.60 Å². The first-order valence-corrected chi connectivity index (χ1v) is 24.7. The Balaban J connectivity index is 1.38. The van der Waals surface area contributed by atoms with Crippen LogP contribution in [0.4, 0.5) is 0 Å². The highest BCUT2D eigenvalue weighted by Gasteiger charge is 2.67. The van der Waals surface area contributed by atoms with Gasteiger partial charge in [0, 0.05) is 10.9 Å². The Morgan fingerprint density at radius 1 is 0.469 bits per heavy atom. The number of hydrogen-bond acceptors (Lipinski definition) is 5. The molecule has 2 unspecified atom stereocenters. The van der Waals surface area contributed by atoms with Gasteiger partial charge in [-0.25, -0.2) is 0 Å². The van der Waals surface area contributed by atoms with Gasteiger partial charge in [0.05, 0.1) is 0 Å². The van der Waals surface area contributed by atoms with Crippen LogP contribution >= 0.6 is 16.5 Å². The zero-order valence-electron chi connectivity index (χ0n) is 38.1. The SMILES string of the molecule is CC1(C)OC2C(O1)C(c1ccccc1)(c1ccccc1)OP(Oc1c(P(c3ccccc3)c3ccccc3)cc(C(C)(C)C)cc1C(C)(C)C)OC2(c1ccccc1)c1ccccc1. The monoisotopic (exact) mass is 884 g/mol. The fraction of sp³-hybridized carbons (Fsp3) is 0.263. The van der Waals surface area contributed by atoms with Crippen molar-refractivity contribution in [3.63, 3.8) is 0 Å². The predicted octanol–water partition coefficient (Wildman–Crippen LogP) is 13.1. The molecule has 2 atom stereocenters. The number of rotatable bonds is 9. The lowest BCUT2D eigenvalue weighted by Gasteiger charge is -2.41. The van der Waals surface area contributed by atoms with Crippen molar-refractivity contribution >= 4 is 32.4 Å². The highest BCUT2D eigenvalue weighted by atomic mass is 31.2. The lowest BCUT2D eigenvalue weighted by atomic mass is 9.72. The van der Waals surface area contributed by atoms with Crippen molar-refractivity contribution in [3.05, 3.63) is 228 Å². The molecule has 2 heterocycles. The van der Waals surface area contributed by atoms with Crippen LogP contribution in [-0.2, 0) is 40.6 Å². The molecule has 7 heteroatoms. The molecule has 64 heavy (non-hydrogen) atoms. The summed E-state index contributed by atoms with van der Waals surface area (Å²) in [5.41, 5.74) is 2.90. The van der Waals surface area contributed by atoms with E-state index in [0.717, 1.165) is 38.9 Å². The smallest absolute Gasteiger partial charge is 0.399 e. The van der Waals surface area contributed by atoms with Gasteiger partial charge in [-0.15, -0.1) is 0 Å². The van der Waals surface area contributed by atoms with Gasteiger partial charge in [0.2, 0.25) is 0 Å². The van der Waals surface area contributed by atoms with E-state index in [-0.39, 0.29) is 10.8 Å². The third kappa shape index (κ3) is 8.29. The summed E-state index contributed by atoms with van der Waals surface area (Å²) in [5.74, 6) is -0.242. The molecule has 2 saturated heterocycles. The summed E-state index contributed by atoms with van der Waals surface area (Å²) in [6.07, 6.45) is -1.45. The molecule has 0 aromatic heterocycles. The fourth-order valence-corrected chi connectivity index (χ4v) is 13.3. The third-order valence-corrected chi connectivity index (χ3v) is 16.0. The van der Waals surface area contributed by atoms with E-state index in [1.54, 1.807) is 0 Å². The van der Waals surface area contributed by atoms with Crippen molar-refractivity contribution in [1.29, 1.82) is 0 Å². The molecule has 7 aromatic rings. The number of ether oxygens (including phenoxy) is 2. The molecule has 2 fully saturated rings. The average molecular weight is 885 g/mol. The Morgan fingerprint density at radius 3 is 1.14 bits per heavy atom. The minimum absolute atomic E-state index is 0.160. The van der Waals surface area contributed by atoms with Crippen molar-refractivity contribution in [3.8, 4) is 5.75 Å². The Bertz CT molecular complexity index is 2430. The van der Waals surface area contributed by atoms with Gasteiger partial charge in [-0.05, 0) is 77.1 Å². The van der Waals surface area contributed by atoms with Crippen LogP contribution in [0.25, 0.3) is 0 Å². The highest BCUT2D eigenvalue weighted by molar-refractivity contribution is 7.80. The molecule has 9 rings (SSSR count). The van der Waals surface area contributed by atoms with Crippen LogP contribution in [0.5, 0.6) is 5.75 Å². The van der Waals surface area contributed by atoms with E-state index in [0.29, 0.717) is 0 Å². The van der Waals surface area contributed by atoms with Crippen molar-refractivity contribution in [2.75, 3.05) is 0 Å². The predicted molar refractivity (Wildman–Crippen MR) is 263 cm³/mol. The van der Waals surface area contributed by atoms with Gasteiger partial charge in [-0.2, -0.15) is 0 Å². The zero-order valence-corrected chi connectivity index (χ0v) is 39.9. The van der Waals surface area contributed by atoms with Gasteiger partial charge in [0.25, 0.3) is 0 Å². The second kappa shape index (κ2) is 17.4. The maximum atomic E-state index is 7.91. The van der Waals surface area contributed by atoms with Crippen LogP contribution in [0.3, 0.4) is 0 Å². The number of fused-ring (bicyclic) bond motifs is 1. The van der Waals surface area contributed by atoms with Crippen molar-refractivity contribution < 1.29 is 23.0 Å². The Morgan fingerprint density at radius 2 is 0.812 bits per heavy atom. The maximum Gasteiger partial charge on any atom is 0.399 e. The first-order chi connectivity index (χ1) is 30.7. The Hall–Kier alpha value is -4.96. The van der Waals surface area contributed by atoms with Gasteiger partial charge in [0.1, 0.15) is 18.0 Å². The van der Waals surface area contributed by atoms with E-state index in [2.05, 4.69) is 211 Å². The number of hydrogen-bond donors (Lipinski definition) is 0. The molecule has 7 aromatic carbocycles. The van der Waals surface area contributed by atoms with E-state index in [4.69, 9.17) is 23.0 Å². The summed E-state index contributed by atoms with van der Waals surface area (Å²) < 4.78 is 38.3. The lowest BCUT2D eigenvalue weighted by Crippen LogP contribution is -2.53. The summed E-state index contributed by atoms with van der Waals surface area (Å²) in [7, 11) is -3.48. The first-order valence-electron chi connectivity index (χ1n) is 22.2. The van der Waals surface area contributed by atoms with Gasteiger partial charge in [0.15, 0.2) is 17.0 Å². The molecular formula is C57H58O5P2.